The van der Waals surface area contributed by atoms with E-state index in [2.05, 4.69) is 10.6 Å². The van der Waals surface area contributed by atoms with Gasteiger partial charge in [0.15, 0.2) is 0 Å². The van der Waals surface area contributed by atoms with Crippen LogP contribution in [0.5, 0.6) is 0 Å². The first kappa shape index (κ1) is 14.0. The van der Waals surface area contributed by atoms with Crippen LogP contribution in [0.1, 0.15) is 32.1 Å². The first-order valence-corrected chi connectivity index (χ1v) is 6.27. The zero-order valence-corrected chi connectivity index (χ0v) is 10.5. The lowest BCUT2D eigenvalue weighted by Gasteiger charge is -2.20. The highest BCUT2D eigenvalue weighted by Gasteiger charge is 2.20. The lowest BCUT2D eigenvalue weighted by atomic mass is 9.89. The number of carbonyl (C=O) groups is 2. The standard InChI is InChI=1S/C12H22N2O3/c1-17-8-7-13-11(15)9-14-12(16)10-5-3-2-4-6-10/h10H,2-9H2,1H3,(H,13,15)(H,14,16). The minimum atomic E-state index is -0.161. The SMILES string of the molecule is COCCNC(=O)CNC(=O)C1CCCCC1. The van der Waals surface area contributed by atoms with Gasteiger partial charge in [0.25, 0.3) is 0 Å². The minimum Gasteiger partial charge on any atom is -0.383 e. The quantitative estimate of drug-likeness (QED) is 0.664. The summed E-state index contributed by atoms with van der Waals surface area (Å²) in [7, 11) is 1.58. The molecule has 0 aliphatic heterocycles. The summed E-state index contributed by atoms with van der Waals surface area (Å²) in [5.41, 5.74) is 0. The fourth-order valence-electron chi connectivity index (χ4n) is 2.03. The van der Waals surface area contributed by atoms with Crippen LogP contribution in [0, 0.1) is 5.92 Å². The molecule has 2 amide bonds. The number of hydrogen-bond acceptors (Lipinski definition) is 3. The van der Waals surface area contributed by atoms with E-state index in [0.29, 0.717) is 13.2 Å². The lowest BCUT2D eigenvalue weighted by Crippen LogP contribution is -2.40. The monoisotopic (exact) mass is 242 g/mol. The summed E-state index contributed by atoms with van der Waals surface area (Å²) in [5.74, 6) is -0.0340. The maximum absolute atomic E-state index is 11.7. The van der Waals surface area contributed by atoms with E-state index in [1.54, 1.807) is 7.11 Å². The molecule has 1 saturated carbocycles. The molecule has 2 N–H and O–H groups in total. The van der Waals surface area contributed by atoms with Crippen LogP contribution in [-0.4, -0.2) is 38.6 Å². The molecule has 98 valence electrons. The average molecular weight is 242 g/mol. The zero-order valence-electron chi connectivity index (χ0n) is 10.5. The van der Waals surface area contributed by atoms with Crippen molar-refractivity contribution in [1.29, 1.82) is 0 Å². The summed E-state index contributed by atoms with van der Waals surface area (Å²) in [6.07, 6.45) is 5.38. The van der Waals surface area contributed by atoms with Gasteiger partial charge < -0.3 is 15.4 Å². The Balaban J connectivity index is 2.11. The van der Waals surface area contributed by atoms with E-state index in [0.717, 1.165) is 25.7 Å². The van der Waals surface area contributed by atoms with Gasteiger partial charge in [-0.05, 0) is 12.8 Å². The highest BCUT2D eigenvalue weighted by atomic mass is 16.5. The van der Waals surface area contributed by atoms with Crippen molar-refractivity contribution < 1.29 is 14.3 Å². The Labute approximate surface area is 102 Å². The fraction of sp³-hybridized carbons (Fsp3) is 0.833. The van der Waals surface area contributed by atoms with Crippen molar-refractivity contribution in [3.05, 3.63) is 0 Å². The van der Waals surface area contributed by atoms with Crippen LogP contribution in [0.2, 0.25) is 0 Å². The highest BCUT2D eigenvalue weighted by molar-refractivity contribution is 5.85. The fourth-order valence-corrected chi connectivity index (χ4v) is 2.03. The topological polar surface area (TPSA) is 67.4 Å². The molecule has 1 aliphatic rings. The van der Waals surface area contributed by atoms with Gasteiger partial charge in [-0.25, -0.2) is 0 Å². The van der Waals surface area contributed by atoms with Gasteiger partial charge in [0.05, 0.1) is 13.2 Å². The average Bonchev–Trinajstić information content (AvgIpc) is 2.37. The van der Waals surface area contributed by atoms with Crippen LogP contribution < -0.4 is 10.6 Å². The Bertz CT molecular complexity index is 250. The molecule has 0 spiro atoms. The van der Waals surface area contributed by atoms with Gasteiger partial charge in [0.2, 0.25) is 11.8 Å². The van der Waals surface area contributed by atoms with E-state index in [-0.39, 0.29) is 24.3 Å². The smallest absolute Gasteiger partial charge is 0.239 e. The number of carbonyl (C=O) groups excluding carboxylic acids is 2. The van der Waals surface area contributed by atoms with Gasteiger partial charge in [-0.3, -0.25) is 9.59 Å². The molecule has 0 unspecified atom stereocenters. The second-order valence-corrected chi connectivity index (χ2v) is 4.40. The van der Waals surface area contributed by atoms with Gasteiger partial charge >= 0.3 is 0 Å². The van der Waals surface area contributed by atoms with E-state index < -0.39 is 0 Å². The number of amides is 2. The summed E-state index contributed by atoms with van der Waals surface area (Å²) in [6.45, 7) is 1.04. The molecule has 0 aromatic rings. The first-order valence-electron chi connectivity index (χ1n) is 6.27. The van der Waals surface area contributed by atoms with Crippen LogP contribution in [0.3, 0.4) is 0 Å². The predicted molar refractivity (Wildman–Crippen MR) is 64.5 cm³/mol. The van der Waals surface area contributed by atoms with Crippen LogP contribution in [-0.2, 0) is 14.3 Å². The Kier molecular flexibility index (Phi) is 6.62. The van der Waals surface area contributed by atoms with Gasteiger partial charge in [-0.15, -0.1) is 0 Å². The Morgan fingerprint density at radius 3 is 2.53 bits per heavy atom. The number of methoxy groups -OCH3 is 1. The van der Waals surface area contributed by atoms with E-state index in [1.165, 1.54) is 6.42 Å². The number of nitrogens with one attached hydrogen (secondary N) is 2. The maximum atomic E-state index is 11.7. The molecule has 5 nitrogen and oxygen atoms in total. The third-order valence-electron chi connectivity index (χ3n) is 3.03. The van der Waals surface area contributed by atoms with Gasteiger partial charge in [0, 0.05) is 19.6 Å². The van der Waals surface area contributed by atoms with Gasteiger partial charge in [-0.1, -0.05) is 19.3 Å². The molecule has 0 aromatic heterocycles. The Hall–Kier alpha value is -1.10. The largest absolute Gasteiger partial charge is 0.383 e. The molecule has 5 heteroatoms. The van der Waals surface area contributed by atoms with Gasteiger partial charge in [-0.2, -0.15) is 0 Å². The molecule has 17 heavy (non-hydrogen) atoms. The Morgan fingerprint density at radius 1 is 1.18 bits per heavy atom. The first-order chi connectivity index (χ1) is 8.24. The van der Waals surface area contributed by atoms with E-state index in [4.69, 9.17) is 4.74 Å². The van der Waals surface area contributed by atoms with Crippen LogP contribution in [0.4, 0.5) is 0 Å². The summed E-state index contributed by atoms with van der Waals surface area (Å²) in [5, 5.41) is 5.35. The van der Waals surface area contributed by atoms with Crippen molar-refractivity contribution in [3.8, 4) is 0 Å². The molecule has 0 radical (unpaired) electrons. The van der Waals surface area contributed by atoms with E-state index in [1.807, 2.05) is 0 Å². The lowest BCUT2D eigenvalue weighted by molar-refractivity contribution is -0.129. The van der Waals surface area contributed by atoms with Crippen molar-refractivity contribution in [3.63, 3.8) is 0 Å². The molecule has 0 heterocycles. The van der Waals surface area contributed by atoms with Crippen molar-refractivity contribution >= 4 is 11.8 Å². The minimum absolute atomic E-state index is 0.0200. The number of hydrogen-bond donors (Lipinski definition) is 2. The van der Waals surface area contributed by atoms with E-state index >= 15 is 0 Å². The zero-order chi connectivity index (χ0) is 12.5. The highest BCUT2D eigenvalue weighted by Crippen LogP contribution is 2.23. The van der Waals surface area contributed by atoms with Gasteiger partial charge in [0.1, 0.15) is 0 Å². The molecular formula is C12H22N2O3. The summed E-state index contributed by atoms with van der Waals surface area (Å²) in [4.78, 5) is 23.0. The van der Waals surface area contributed by atoms with Crippen LogP contribution >= 0.6 is 0 Å². The molecular weight excluding hydrogens is 220 g/mol. The van der Waals surface area contributed by atoms with Crippen molar-refractivity contribution in [2.45, 2.75) is 32.1 Å². The number of ether oxygens (including phenoxy) is 1. The summed E-state index contributed by atoms with van der Waals surface area (Å²) < 4.78 is 4.81. The molecule has 1 rings (SSSR count). The predicted octanol–water partition coefficient (Wildman–Crippen LogP) is 0.445. The number of rotatable bonds is 6. The van der Waals surface area contributed by atoms with Crippen molar-refractivity contribution in [2.75, 3.05) is 26.8 Å². The van der Waals surface area contributed by atoms with Crippen molar-refractivity contribution in [2.24, 2.45) is 5.92 Å². The summed E-state index contributed by atoms with van der Waals surface area (Å²) in [6, 6.07) is 0. The van der Waals surface area contributed by atoms with Crippen LogP contribution in [0.25, 0.3) is 0 Å². The summed E-state index contributed by atoms with van der Waals surface area (Å²) >= 11 is 0. The third-order valence-corrected chi connectivity index (χ3v) is 3.03. The second kappa shape index (κ2) is 8.06. The molecule has 1 aliphatic carbocycles. The van der Waals surface area contributed by atoms with Crippen molar-refractivity contribution in [1.82, 2.24) is 10.6 Å². The molecule has 0 aromatic carbocycles. The normalized spacial score (nSPS) is 16.5. The third kappa shape index (κ3) is 5.68. The second-order valence-electron chi connectivity index (χ2n) is 4.40. The molecule has 0 atom stereocenters. The molecule has 1 fully saturated rings. The maximum Gasteiger partial charge on any atom is 0.239 e. The Morgan fingerprint density at radius 2 is 1.88 bits per heavy atom. The van der Waals surface area contributed by atoms with Crippen LogP contribution in [0.15, 0.2) is 0 Å². The molecule has 0 saturated heterocycles. The molecule has 0 bridgehead atoms. The van der Waals surface area contributed by atoms with E-state index in [9.17, 15) is 9.59 Å².